The molecule has 8 rings (SSSR count). The molecule has 0 amide bonds. The molecule has 8 saturated carbocycles. The molecule has 8 bridgehead atoms. The molecule has 8 aliphatic rings. The van der Waals surface area contributed by atoms with Gasteiger partial charge < -0.3 is 5.32 Å². The minimum atomic E-state index is 0.145. The maximum absolute atomic E-state index is 5.72. The molecule has 0 aromatic heterocycles. The number of hydrogen-bond acceptors (Lipinski definition) is 1. The van der Waals surface area contributed by atoms with E-state index in [1.165, 1.54) is 82.9 Å². The number of aliphatic imine (C=N–C) groups is 1. The minimum absolute atomic E-state index is 0.145. The monoisotopic (exact) mass is 368 g/mol. The number of rotatable bonds is 2. The standard InChI is InChI=1S/C25H40N2/c1-23(2,3)22(26-24-10-16-4-17(11-24)6-18(5-16)12-24)27-25-13-19-7-20(14-25)9-21(8-19)15-25/h16-21H,4-15H2,1-3H3,(H,26,27). The molecule has 2 heteroatoms. The third-order valence-electron chi connectivity index (χ3n) is 9.49. The lowest BCUT2D eigenvalue weighted by Crippen LogP contribution is -2.62. The van der Waals surface area contributed by atoms with E-state index in [2.05, 4.69) is 26.1 Å². The predicted octanol–water partition coefficient (Wildman–Crippen LogP) is 5.96. The Morgan fingerprint density at radius 2 is 1.04 bits per heavy atom. The lowest BCUT2D eigenvalue weighted by atomic mass is 9.52. The van der Waals surface area contributed by atoms with Crippen LogP contribution in [0.15, 0.2) is 4.99 Å². The summed E-state index contributed by atoms with van der Waals surface area (Å²) in [5, 5.41) is 4.23. The van der Waals surface area contributed by atoms with Crippen molar-refractivity contribution in [3.05, 3.63) is 0 Å². The van der Waals surface area contributed by atoms with Crippen LogP contribution >= 0.6 is 0 Å². The molecule has 8 aliphatic carbocycles. The minimum Gasteiger partial charge on any atom is -0.368 e. The van der Waals surface area contributed by atoms with Crippen LogP contribution in [0.1, 0.15) is 97.8 Å². The largest absolute Gasteiger partial charge is 0.368 e. The summed E-state index contributed by atoms with van der Waals surface area (Å²) in [5.41, 5.74) is 0.836. The summed E-state index contributed by atoms with van der Waals surface area (Å²) >= 11 is 0. The van der Waals surface area contributed by atoms with Gasteiger partial charge in [0.1, 0.15) is 5.84 Å². The Balaban J connectivity index is 1.32. The molecule has 0 aromatic rings. The molecule has 0 spiro atoms. The van der Waals surface area contributed by atoms with Crippen LogP contribution in [0.5, 0.6) is 0 Å². The molecule has 8 fully saturated rings. The van der Waals surface area contributed by atoms with E-state index in [4.69, 9.17) is 4.99 Å². The molecule has 27 heavy (non-hydrogen) atoms. The second-order valence-electron chi connectivity index (χ2n) is 13.2. The van der Waals surface area contributed by atoms with Gasteiger partial charge in [-0.05, 0) is 113 Å². The summed E-state index contributed by atoms with van der Waals surface area (Å²) in [6.45, 7) is 7.21. The van der Waals surface area contributed by atoms with Crippen molar-refractivity contribution in [2.45, 2.75) is 109 Å². The van der Waals surface area contributed by atoms with E-state index in [1.807, 2.05) is 0 Å². The maximum atomic E-state index is 5.72. The van der Waals surface area contributed by atoms with Crippen molar-refractivity contribution in [2.24, 2.45) is 45.9 Å². The third-order valence-corrected chi connectivity index (χ3v) is 9.49. The van der Waals surface area contributed by atoms with Crippen LogP contribution in [0, 0.1) is 40.9 Å². The quantitative estimate of drug-likeness (QED) is 0.472. The second kappa shape index (κ2) is 5.54. The van der Waals surface area contributed by atoms with Crippen molar-refractivity contribution in [1.82, 2.24) is 5.32 Å². The van der Waals surface area contributed by atoms with Gasteiger partial charge >= 0.3 is 0 Å². The average Bonchev–Trinajstić information content (AvgIpc) is 2.50. The van der Waals surface area contributed by atoms with Gasteiger partial charge in [-0.2, -0.15) is 0 Å². The first-order valence-corrected chi connectivity index (χ1v) is 12.2. The Hall–Kier alpha value is -0.530. The first kappa shape index (κ1) is 17.3. The zero-order valence-corrected chi connectivity index (χ0v) is 17.9. The van der Waals surface area contributed by atoms with Crippen molar-refractivity contribution < 1.29 is 0 Å². The van der Waals surface area contributed by atoms with E-state index in [0.29, 0.717) is 11.1 Å². The molecule has 0 unspecified atom stereocenters. The highest BCUT2D eigenvalue weighted by molar-refractivity contribution is 5.88. The van der Waals surface area contributed by atoms with E-state index in [9.17, 15) is 0 Å². The number of amidine groups is 1. The first-order valence-electron chi connectivity index (χ1n) is 12.2. The Bertz CT molecular complexity index is 581. The van der Waals surface area contributed by atoms with Gasteiger partial charge in [-0.1, -0.05) is 20.8 Å². The molecule has 0 radical (unpaired) electrons. The molecule has 150 valence electrons. The topological polar surface area (TPSA) is 24.4 Å². The molecule has 0 aliphatic heterocycles. The van der Waals surface area contributed by atoms with Crippen molar-refractivity contribution in [3.8, 4) is 0 Å². The highest BCUT2D eigenvalue weighted by Crippen LogP contribution is 2.58. The number of nitrogens with one attached hydrogen (secondary N) is 1. The Labute approximate surface area is 166 Å². The van der Waals surface area contributed by atoms with E-state index in [-0.39, 0.29) is 5.41 Å². The van der Waals surface area contributed by atoms with Crippen LogP contribution in [0.3, 0.4) is 0 Å². The normalized spacial score (nSPS) is 53.2. The molecular weight excluding hydrogens is 328 g/mol. The maximum Gasteiger partial charge on any atom is 0.103 e. The van der Waals surface area contributed by atoms with Gasteiger partial charge in [0.05, 0.1) is 5.54 Å². The van der Waals surface area contributed by atoms with Gasteiger partial charge in [-0.15, -0.1) is 0 Å². The van der Waals surface area contributed by atoms with Gasteiger partial charge in [0.2, 0.25) is 0 Å². The van der Waals surface area contributed by atoms with E-state index < -0.39 is 0 Å². The second-order valence-corrected chi connectivity index (χ2v) is 13.2. The molecule has 2 nitrogen and oxygen atoms in total. The lowest BCUT2D eigenvalue weighted by molar-refractivity contribution is -0.0130. The van der Waals surface area contributed by atoms with Crippen LogP contribution in [0.25, 0.3) is 0 Å². The summed E-state index contributed by atoms with van der Waals surface area (Å²) in [4.78, 5) is 5.72. The Morgan fingerprint density at radius 1 is 0.667 bits per heavy atom. The molecule has 0 saturated heterocycles. The number of nitrogens with zero attached hydrogens (tertiary/aromatic N) is 1. The lowest BCUT2D eigenvalue weighted by Gasteiger charge is -2.58. The summed E-state index contributed by atoms with van der Waals surface area (Å²) in [6.07, 6.45) is 17.6. The third kappa shape index (κ3) is 2.91. The van der Waals surface area contributed by atoms with Crippen LogP contribution in [0.2, 0.25) is 0 Å². The fraction of sp³-hybridized carbons (Fsp3) is 0.960. The first-order chi connectivity index (χ1) is 12.8. The van der Waals surface area contributed by atoms with Crippen LogP contribution < -0.4 is 5.32 Å². The summed E-state index contributed by atoms with van der Waals surface area (Å²) in [6, 6.07) is 0. The van der Waals surface area contributed by atoms with Gasteiger partial charge in [0.25, 0.3) is 0 Å². The smallest absolute Gasteiger partial charge is 0.103 e. The Morgan fingerprint density at radius 3 is 1.41 bits per heavy atom. The summed E-state index contributed by atoms with van der Waals surface area (Å²) < 4.78 is 0. The molecule has 1 N–H and O–H groups in total. The van der Waals surface area contributed by atoms with Crippen LogP contribution in [-0.2, 0) is 0 Å². The zero-order valence-electron chi connectivity index (χ0n) is 17.9. The predicted molar refractivity (Wildman–Crippen MR) is 112 cm³/mol. The van der Waals surface area contributed by atoms with Crippen LogP contribution in [-0.4, -0.2) is 16.9 Å². The highest BCUT2D eigenvalue weighted by atomic mass is 15.1. The van der Waals surface area contributed by atoms with E-state index in [1.54, 1.807) is 0 Å². The van der Waals surface area contributed by atoms with Gasteiger partial charge in [0, 0.05) is 11.0 Å². The van der Waals surface area contributed by atoms with Crippen LogP contribution in [0.4, 0.5) is 0 Å². The average molecular weight is 369 g/mol. The van der Waals surface area contributed by atoms with Crippen molar-refractivity contribution in [2.75, 3.05) is 0 Å². The summed E-state index contributed by atoms with van der Waals surface area (Å²) in [5.74, 6) is 7.35. The van der Waals surface area contributed by atoms with Gasteiger partial charge in [-0.3, -0.25) is 4.99 Å². The van der Waals surface area contributed by atoms with Gasteiger partial charge in [0.15, 0.2) is 0 Å². The van der Waals surface area contributed by atoms with E-state index in [0.717, 1.165) is 35.5 Å². The fourth-order valence-corrected chi connectivity index (χ4v) is 9.34. The van der Waals surface area contributed by atoms with E-state index >= 15 is 0 Å². The zero-order chi connectivity index (χ0) is 18.4. The number of hydrogen-bond donors (Lipinski definition) is 1. The van der Waals surface area contributed by atoms with Crippen molar-refractivity contribution >= 4 is 5.84 Å². The molecular formula is C25H40N2. The van der Waals surface area contributed by atoms with Crippen molar-refractivity contribution in [1.29, 1.82) is 0 Å². The fourth-order valence-electron chi connectivity index (χ4n) is 9.34. The Kier molecular flexibility index (Phi) is 3.56. The highest BCUT2D eigenvalue weighted by Gasteiger charge is 2.54. The molecule has 0 atom stereocenters. The molecule has 0 heterocycles. The van der Waals surface area contributed by atoms with Gasteiger partial charge in [-0.25, -0.2) is 0 Å². The van der Waals surface area contributed by atoms with Crippen molar-refractivity contribution in [3.63, 3.8) is 0 Å². The molecule has 0 aromatic carbocycles. The SMILES string of the molecule is CC(C)(C)C(=NC12CC3CC(CC(C3)C1)C2)NC12CC3CC(CC(C3)C1)C2. The summed E-state index contributed by atoms with van der Waals surface area (Å²) in [7, 11) is 0.